The molecule has 1 aliphatic rings. The molecule has 2 aromatic carbocycles. The quantitative estimate of drug-likeness (QED) is 0.156. The number of aromatic amines is 1. The third kappa shape index (κ3) is 7.95. The monoisotopic (exact) mass is 784 g/mol. The summed E-state index contributed by atoms with van der Waals surface area (Å²) in [6.45, 7) is 8.81. The number of hydrogen-bond donors (Lipinski definition) is 1. The second-order valence-electron chi connectivity index (χ2n) is 10.3. The average Bonchev–Trinajstić information content (AvgIpc) is 3.53. The summed E-state index contributed by atoms with van der Waals surface area (Å²) < 4.78 is 1.09. The fraction of sp³-hybridized carbons (Fsp3) is 0.242. The van der Waals surface area contributed by atoms with Crippen molar-refractivity contribution < 1.29 is 14.4 Å². The van der Waals surface area contributed by atoms with Crippen molar-refractivity contribution in [1.82, 2.24) is 19.6 Å². The Morgan fingerprint density at radius 3 is 1.73 bits per heavy atom. The summed E-state index contributed by atoms with van der Waals surface area (Å²) in [6, 6.07) is 5.68. The van der Waals surface area contributed by atoms with Gasteiger partial charge in [-0.2, -0.15) is 10.1 Å². The summed E-state index contributed by atoms with van der Waals surface area (Å²) in [5.74, 6) is -1.53. The zero-order valence-corrected chi connectivity index (χ0v) is 31.2. The second-order valence-corrected chi connectivity index (χ2v) is 12.8. The smallest absolute Gasteiger partial charge is 0.281 e. The summed E-state index contributed by atoms with van der Waals surface area (Å²) in [7, 11) is 0. The number of nitrogens with zero attached hydrogens (tertiary/aromatic N) is 5. The van der Waals surface area contributed by atoms with Crippen LogP contribution in [0.4, 0.5) is 5.69 Å². The number of aromatic nitrogens is 2. The Labute approximate surface area is 312 Å². The van der Waals surface area contributed by atoms with Crippen LogP contribution in [0.15, 0.2) is 64.0 Å². The molecule has 0 radical (unpaired) electrons. The van der Waals surface area contributed by atoms with E-state index in [2.05, 4.69) is 10.2 Å². The van der Waals surface area contributed by atoms with Crippen molar-refractivity contribution in [2.24, 2.45) is 5.10 Å². The van der Waals surface area contributed by atoms with Crippen LogP contribution in [-0.2, 0) is 9.59 Å². The Bertz CT molecular complexity index is 1940. The fourth-order valence-electron chi connectivity index (χ4n) is 4.98. The van der Waals surface area contributed by atoms with Crippen molar-refractivity contribution in [3.05, 3.63) is 106 Å². The molecule has 49 heavy (non-hydrogen) atoms. The van der Waals surface area contributed by atoms with Crippen molar-refractivity contribution >= 4 is 105 Å². The van der Waals surface area contributed by atoms with Gasteiger partial charge in [0.15, 0.2) is 5.71 Å². The van der Waals surface area contributed by atoms with Gasteiger partial charge in [-0.25, -0.2) is 4.68 Å². The second kappa shape index (κ2) is 16.5. The molecule has 16 heteroatoms. The molecule has 0 atom stereocenters. The van der Waals surface area contributed by atoms with Gasteiger partial charge in [-0.05, 0) is 64.1 Å². The molecule has 10 nitrogen and oxygen atoms in total. The van der Waals surface area contributed by atoms with E-state index >= 15 is 0 Å². The largest absolute Gasteiger partial charge is 0.338 e. The predicted octanol–water partition coefficient (Wildman–Crippen LogP) is 8.34. The molecular weight excluding hydrogens is 757 g/mol. The molecule has 4 rings (SSSR count). The zero-order chi connectivity index (χ0) is 36.2. The van der Waals surface area contributed by atoms with E-state index in [4.69, 9.17) is 69.6 Å². The minimum absolute atomic E-state index is 0.0105. The molecule has 0 bridgehead atoms. The normalized spacial score (nSPS) is 14.1. The number of amides is 3. The first kappa shape index (κ1) is 38.3. The number of H-pyrrole nitrogens is 1. The van der Waals surface area contributed by atoms with E-state index in [-0.39, 0.29) is 64.1 Å². The van der Waals surface area contributed by atoms with Crippen molar-refractivity contribution in [3.8, 4) is 5.69 Å². The molecule has 2 heterocycles. The van der Waals surface area contributed by atoms with Crippen LogP contribution in [0, 0.1) is 0 Å². The Morgan fingerprint density at radius 2 is 1.22 bits per heavy atom. The van der Waals surface area contributed by atoms with E-state index in [9.17, 15) is 19.2 Å². The lowest BCUT2D eigenvalue weighted by Gasteiger charge is -2.18. The number of carbonyl (C=O) groups is 3. The standard InChI is InChI=1S/C33H30Cl6N6O4/c1-5-42(6-2)32(48)26-20(30(46)44(40-26)28-22(36)14-18(34)15-23(28)37)12-10-9-11-13-21-27(33(49)43(7-3)8-4)41-45(31(21)47)29-24(38)16-19(35)17-25(29)39/h9-17,40H,5-8H2,1-4H3. The number of carbonyl (C=O) groups excluding carboxylic acids is 3. The summed E-state index contributed by atoms with van der Waals surface area (Å²) in [5, 5.41) is 9.00. The van der Waals surface area contributed by atoms with Crippen LogP contribution < -0.4 is 10.6 Å². The molecule has 0 unspecified atom stereocenters. The SMILES string of the molecule is CCN(CC)C(=O)C1=NN(c2c(Cl)cc(Cl)cc2Cl)C(=O)C1=CC=CC=Cc1c(C(=O)N(CC)CC)[nH]n(-c2c(Cl)cc(Cl)cc2Cl)c1=O. The number of nitrogens with one attached hydrogen (secondary N) is 1. The zero-order valence-electron chi connectivity index (χ0n) is 26.7. The van der Waals surface area contributed by atoms with Gasteiger partial charge >= 0.3 is 0 Å². The van der Waals surface area contributed by atoms with Gasteiger partial charge in [-0.15, -0.1) is 0 Å². The third-order valence-corrected chi connectivity index (χ3v) is 9.06. The van der Waals surface area contributed by atoms with Crippen LogP contribution in [0.3, 0.4) is 0 Å². The molecule has 3 amide bonds. The molecule has 0 fully saturated rings. The minimum Gasteiger partial charge on any atom is -0.338 e. The minimum atomic E-state index is -0.646. The lowest BCUT2D eigenvalue weighted by Crippen LogP contribution is -2.36. The highest BCUT2D eigenvalue weighted by Crippen LogP contribution is 2.39. The first-order valence-electron chi connectivity index (χ1n) is 15.0. The van der Waals surface area contributed by atoms with Crippen molar-refractivity contribution in [2.45, 2.75) is 27.7 Å². The average molecular weight is 787 g/mol. The lowest BCUT2D eigenvalue weighted by molar-refractivity contribution is -0.123. The van der Waals surface area contributed by atoms with Crippen LogP contribution in [0.25, 0.3) is 11.8 Å². The van der Waals surface area contributed by atoms with Gasteiger partial charge in [0.2, 0.25) is 0 Å². The van der Waals surface area contributed by atoms with E-state index in [1.165, 1.54) is 59.5 Å². The van der Waals surface area contributed by atoms with Gasteiger partial charge in [-0.1, -0.05) is 87.8 Å². The van der Waals surface area contributed by atoms with E-state index in [1.807, 2.05) is 13.8 Å². The highest BCUT2D eigenvalue weighted by atomic mass is 35.5. The molecule has 0 saturated carbocycles. The van der Waals surface area contributed by atoms with Crippen LogP contribution >= 0.6 is 69.6 Å². The number of hydrogen-bond acceptors (Lipinski definition) is 5. The Kier molecular flexibility index (Phi) is 12.9. The van der Waals surface area contributed by atoms with Gasteiger partial charge in [0.1, 0.15) is 17.1 Å². The molecule has 1 aliphatic heterocycles. The molecule has 1 aromatic heterocycles. The number of halogens is 6. The number of allylic oxidation sites excluding steroid dienone is 4. The van der Waals surface area contributed by atoms with Gasteiger partial charge in [0.05, 0.1) is 31.2 Å². The van der Waals surface area contributed by atoms with Crippen molar-refractivity contribution in [1.29, 1.82) is 0 Å². The highest BCUT2D eigenvalue weighted by molar-refractivity contribution is 6.55. The van der Waals surface area contributed by atoms with Crippen LogP contribution in [-0.4, -0.2) is 69.2 Å². The maximum absolute atomic E-state index is 13.7. The van der Waals surface area contributed by atoms with Crippen LogP contribution in [0.2, 0.25) is 30.1 Å². The van der Waals surface area contributed by atoms with E-state index in [0.717, 1.165) is 9.69 Å². The number of hydrazone groups is 1. The summed E-state index contributed by atoms with van der Waals surface area (Å²) in [6.07, 6.45) is 7.37. The fourth-order valence-corrected chi connectivity index (χ4v) is 6.95. The molecule has 3 aromatic rings. The number of rotatable bonds is 11. The maximum atomic E-state index is 13.7. The Hall–Kier alpha value is -3.51. The van der Waals surface area contributed by atoms with Gasteiger partial charge in [0, 0.05) is 36.2 Å². The first-order chi connectivity index (χ1) is 23.3. The highest BCUT2D eigenvalue weighted by Gasteiger charge is 2.38. The molecule has 0 saturated heterocycles. The van der Waals surface area contributed by atoms with E-state index < -0.39 is 23.3 Å². The van der Waals surface area contributed by atoms with Crippen LogP contribution in [0.5, 0.6) is 0 Å². The van der Waals surface area contributed by atoms with Crippen LogP contribution in [0.1, 0.15) is 43.7 Å². The maximum Gasteiger partial charge on any atom is 0.281 e. The number of anilines is 1. The Morgan fingerprint density at radius 1 is 0.735 bits per heavy atom. The Balaban J connectivity index is 1.76. The molecule has 0 aliphatic carbocycles. The predicted molar refractivity (Wildman–Crippen MR) is 199 cm³/mol. The van der Waals surface area contributed by atoms with Gasteiger partial charge < -0.3 is 9.80 Å². The first-order valence-corrected chi connectivity index (χ1v) is 17.3. The molecule has 1 N–H and O–H groups in total. The van der Waals surface area contributed by atoms with Gasteiger partial charge in [-0.3, -0.25) is 24.3 Å². The number of benzene rings is 2. The lowest BCUT2D eigenvalue weighted by atomic mass is 10.1. The van der Waals surface area contributed by atoms with Gasteiger partial charge in [0.25, 0.3) is 23.3 Å². The van der Waals surface area contributed by atoms with E-state index in [0.29, 0.717) is 26.2 Å². The summed E-state index contributed by atoms with van der Waals surface area (Å²) in [4.78, 5) is 57.2. The topological polar surface area (TPSA) is 111 Å². The van der Waals surface area contributed by atoms with E-state index in [1.54, 1.807) is 18.7 Å². The molecule has 0 spiro atoms. The molecule has 258 valence electrons. The summed E-state index contributed by atoms with van der Waals surface area (Å²) in [5.41, 5.74) is -0.478. The summed E-state index contributed by atoms with van der Waals surface area (Å²) >= 11 is 37.7. The van der Waals surface area contributed by atoms with Crippen molar-refractivity contribution in [2.75, 3.05) is 31.2 Å². The molecular formula is C33H30Cl6N6O4. The van der Waals surface area contributed by atoms with Crippen molar-refractivity contribution in [3.63, 3.8) is 0 Å². The third-order valence-electron chi connectivity index (χ3n) is 7.47.